The lowest BCUT2D eigenvalue weighted by Crippen LogP contribution is -2.27. The Morgan fingerprint density at radius 2 is 1.75 bits per heavy atom. The zero-order valence-electron chi connectivity index (χ0n) is 12.4. The van der Waals surface area contributed by atoms with E-state index in [1.807, 2.05) is 0 Å². The number of rotatable bonds is 5. The number of hydrogen-bond acceptors (Lipinski definition) is 1. The Hall–Kier alpha value is -1.12. The van der Waals surface area contributed by atoms with Crippen molar-refractivity contribution in [3.8, 4) is 0 Å². The van der Waals surface area contributed by atoms with Gasteiger partial charge in [-0.1, -0.05) is 46.3 Å². The van der Waals surface area contributed by atoms with Gasteiger partial charge in [0.25, 0.3) is 0 Å². The zero-order chi connectivity index (χ0) is 14.5. The molecule has 2 rings (SSSR count). The fourth-order valence-electron chi connectivity index (χ4n) is 2.33. The molecule has 0 aliphatic carbocycles. The van der Waals surface area contributed by atoms with E-state index >= 15 is 0 Å². The van der Waals surface area contributed by atoms with Crippen molar-refractivity contribution in [1.82, 2.24) is 5.32 Å². The van der Waals surface area contributed by atoms with Gasteiger partial charge in [0.1, 0.15) is 0 Å². The molecule has 1 nitrogen and oxygen atoms in total. The highest BCUT2D eigenvalue weighted by Crippen LogP contribution is 2.14. The highest BCUT2D eigenvalue weighted by molar-refractivity contribution is 9.10. The molecule has 0 saturated heterocycles. The summed E-state index contributed by atoms with van der Waals surface area (Å²) in [6, 6.07) is 15.6. The molecular formula is C18H22BrN. The van der Waals surface area contributed by atoms with Gasteiger partial charge in [0, 0.05) is 17.1 Å². The molecule has 0 radical (unpaired) electrons. The number of halogens is 1. The Labute approximate surface area is 130 Å². The van der Waals surface area contributed by atoms with E-state index in [9.17, 15) is 0 Å². The quantitative estimate of drug-likeness (QED) is 0.830. The van der Waals surface area contributed by atoms with Crippen molar-refractivity contribution in [2.45, 2.75) is 39.8 Å². The fraction of sp³-hybridized carbons (Fsp3) is 0.333. The maximum atomic E-state index is 3.62. The van der Waals surface area contributed by atoms with Gasteiger partial charge in [-0.25, -0.2) is 0 Å². The molecule has 2 aromatic rings. The van der Waals surface area contributed by atoms with Crippen LogP contribution in [0.4, 0.5) is 0 Å². The Kier molecular flexibility index (Phi) is 5.38. The summed E-state index contributed by atoms with van der Waals surface area (Å²) in [7, 11) is 0. The smallest absolute Gasteiger partial charge is 0.0210 e. The first-order valence-electron chi connectivity index (χ1n) is 7.09. The van der Waals surface area contributed by atoms with Crippen LogP contribution < -0.4 is 5.32 Å². The van der Waals surface area contributed by atoms with E-state index in [1.54, 1.807) is 0 Å². The maximum absolute atomic E-state index is 3.62. The molecule has 106 valence electrons. The predicted molar refractivity (Wildman–Crippen MR) is 90.1 cm³/mol. The van der Waals surface area contributed by atoms with Crippen molar-refractivity contribution < 1.29 is 0 Å². The summed E-state index contributed by atoms with van der Waals surface area (Å²) in [6.45, 7) is 7.55. The van der Waals surface area contributed by atoms with E-state index in [4.69, 9.17) is 0 Å². The van der Waals surface area contributed by atoms with Crippen molar-refractivity contribution >= 4 is 15.9 Å². The van der Waals surface area contributed by atoms with Gasteiger partial charge >= 0.3 is 0 Å². The van der Waals surface area contributed by atoms with Crippen LogP contribution in [0.5, 0.6) is 0 Å². The molecule has 20 heavy (non-hydrogen) atoms. The van der Waals surface area contributed by atoms with Crippen LogP contribution in [0.3, 0.4) is 0 Å². The lowest BCUT2D eigenvalue weighted by molar-refractivity contribution is 0.544. The van der Waals surface area contributed by atoms with Crippen molar-refractivity contribution in [3.05, 3.63) is 69.2 Å². The van der Waals surface area contributed by atoms with Crippen LogP contribution in [-0.4, -0.2) is 6.04 Å². The van der Waals surface area contributed by atoms with Crippen LogP contribution >= 0.6 is 15.9 Å². The second-order valence-electron chi connectivity index (χ2n) is 5.47. The van der Waals surface area contributed by atoms with Crippen LogP contribution in [-0.2, 0) is 13.0 Å². The third-order valence-corrected chi connectivity index (χ3v) is 4.34. The molecule has 0 aliphatic heterocycles. The lowest BCUT2D eigenvalue weighted by Gasteiger charge is -2.16. The average Bonchev–Trinajstić information content (AvgIpc) is 2.43. The van der Waals surface area contributed by atoms with Gasteiger partial charge in [0.05, 0.1) is 0 Å². The van der Waals surface area contributed by atoms with Crippen LogP contribution in [0.2, 0.25) is 0 Å². The Bertz CT molecular complexity index is 560. The summed E-state index contributed by atoms with van der Waals surface area (Å²) in [5.41, 5.74) is 5.53. The van der Waals surface area contributed by atoms with Crippen molar-refractivity contribution in [2.75, 3.05) is 0 Å². The zero-order valence-corrected chi connectivity index (χ0v) is 14.0. The van der Waals surface area contributed by atoms with Crippen LogP contribution in [0.15, 0.2) is 46.9 Å². The molecule has 0 aromatic heterocycles. The van der Waals surface area contributed by atoms with E-state index in [0.717, 1.165) is 17.4 Å². The second kappa shape index (κ2) is 7.05. The average molecular weight is 332 g/mol. The largest absolute Gasteiger partial charge is 0.310 e. The highest BCUT2D eigenvalue weighted by atomic mass is 79.9. The Balaban J connectivity index is 1.90. The maximum Gasteiger partial charge on any atom is 0.0210 e. The SMILES string of the molecule is Cc1cccc(CNC(C)Cc2ccc(Br)cc2)c1C. The number of aryl methyl sites for hydroxylation is 1. The summed E-state index contributed by atoms with van der Waals surface area (Å²) < 4.78 is 1.14. The standard InChI is InChI=1S/C18H22BrN/c1-13-5-4-6-17(15(13)3)12-20-14(2)11-16-7-9-18(19)10-8-16/h4-10,14,20H,11-12H2,1-3H3. The molecular weight excluding hydrogens is 310 g/mol. The summed E-state index contributed by atoms with van der Waals surface area (Å²) >= 11 is 3.47. The first-order chi connectivity index (χ1) is 9.56. The van der Waals surface area contributed by atoms with Crippen LogP contribution in [0.1, 0.15) is 29.2 Å². The molecule has 2 heteroatoms. The molecule has 2 aromatic carbocycles. The van der Waals surface area contributed by atoms with Gasteiger partial charge in [-0.2, -0.15) is 0 Å². The summed E-state index contributed by atoms with van der Waals surface area (Å²) in [5, 5.41) is 3.62. The second-order valence-corrected chi connectivity index (χ2v) is 6.39. The minimum Gasteiger partial charge on any atom is -0.310 e. The van der Waals surface area contributed by atoms with Gasteiger partial charge < -0.3 is 5.32 Å². The molecule has 1 N–H and O–H groups in total. The Morgan fingerprint density at radius 1 is 1.05 bits per heavy atom. The molecule has 1 atom stereocenters. The molecule has 0 saturated carbocycles. The van der Waals surface area contributed by atoms with Gasteiger partial charge in [0.15, 0.2) is 0 Å². The van der Waals surface area contributed by atoms with E-state index < -0.39 is 0 Å². The normalized spacial score (nSPS) is 12.4. The molecule has 0 bridgehead atoms. The predicted octanol–water partition coefficient (Wildman–Crippen LogP) is 4.79. The van der Waals surface area contributed by atoms with Crippen molar-refractivity contribution in [1.29, 1.82) is 0 Å². The van der Waals surface area contributed by atoms with E-state index in [-0.39, 0.29) is 0 Å². The Morgan fingerprint density at radius 3 is 2.45 bits per heavy atom. The van der Waals surface area contributed by atoms with Crippen molar-refractivity contribution in [2.24, 2.45) is 0 Å². The molecule has 0 heterocycles. The van der Waals surface area contributed by atoms with E-state index in [0.29, 0.717) is 6.04 Å². The van der Waals surface area contributed by atoms with Gasteiger partial charge in [0.2, 0.25) is 0 Å². The number of benzene rings is 2. The fourth-order valence-corrected chi connectivity index (χ4v) is 2.60. The lowest BCUT2D eigenvalue weighted by atomic mass is 10.0. The summed E-state index contributed by atoms with van der Waals surface area (Å²) in [5.74, 6) is 0. The molecule has 0 amide bonds. The third kappa shape index (κ3) is 4.19. The van der Waals surface area contributed by atoms with Crippen LogP contribution in [0, 0.1) is 13.8 Å². The van der Waals surface area contributed by atoms with Crippen molar-refractivity contribution in [3.63, 3.8) is 0 Å². The molecule has 0 spiro atoms. The first-order valence-corrected chi connectivity index (χ1v) is 7.88. The van der Waals surface area contributed by atoms with E-state index in [1.165, 1.54) is 22.3 Å². The molecule has 0 fully saturated rings. The third-order valence-electron chi connectivity index (χ3n) is 3.81. The van der Waals surface area contributed by atoms with Gasteiger partial charge in [-0.3, -0.25) is 0 Å². The summed E-state index contributed by atoms with van der Waals surface area (Å²) in [6.07, 6.45) is 1.05. The monoisotopic (exact) mass is 331 g/mol. The summed E-state index contributed by atoms with van der Waals surface area (Å²) in [4.78, 5) is 0. The molecule has 1 unspecified atom stereocenters. The number of nitrogens with one attached hydrogen (secondary N) is 1. The first kappa shape index (κ1) is 15.3. The van der Waals surface area contributed by atoms with Gasteiger partial charge in [-0.15, -0.1) is 0 Å². The minimum atomic E-state index is 0.469. The minimum absolute atomic E-state index is 0.469. The highest BCUT2D eigenvalue weighted by Gasteiger charge is 2.05. The number of hydrogen-bond donors (Lipinski definition) is 1. The topological polar surface area (TPSA) is 12.0 Å². The molecule has 0 aliphatic rings. The van der Waals surface area contributed by atoms with E-state index in [2.05, 4.69) is 84.5 Å². The van der Waals surface area contributed by atoms with Crippen LogP contribution in [0.25, 0.3) is 0 Å². The van der Waals surface area contributed by atoms with Gasteiger partial charge in [-0.05, 0) is 61.6 Å².